The molecule has 2 aromatic rings. The quantitative estimate of drug-likeness (QED) is 0.338. The third kappa shape index (κ3) is 4.60. The molecule has 1 unspecified atom stereocenters. The molecule has 1 aromatic heterocycles. The maximum Gasteiger partial charge on any atom is 0.325 e. The Bertz CT molecular complexity index is 909. The van der Waals surface area contributed by atoms with Gasteiger partial charge in [-0.3, -0.25) is 14.5 Å². The number of hydrogen-bond donors (Lipinski definition) is 2. The van der Waals surface area contributed by atoms with Gasteiger partial charge in [-0.25, -0.2) is 9.78 Å². The molecule has 3 amide bonds. The molecule has 8 nitrogen and oxygen atoms in total. The van der Waals surface area contributed by atoms with E-state index in [1.54, 1.807) is 6.20 Å². The van der Waals surface area contributed by atoms with Crippen LogP contribution in [-0.4, -0.2) is 45.9 Å². The Morgan fingerprint density at radius 1 is 1.28 bits per heavy atom. The van der Waals surface area contributed by atoms with Crippen LogP contribution in [-0.2, 0) is 14.3 Å². The smallest absolute Gasteiger partial charge is 0.325 e. The summed E-state index contributed by atoms with van der Waals surface area (Å²) < 4.78 is 5.74. The van der Waals surface area contributed by atoms with Gasteiger partial charge in [-0.05, 0) is 52.6 Å². The lowest BCUT2D eigenvalue weighted by atomic mass is 10.0. The van der Waals surface area contributed by atoms with E-state index in [1.807, 2.05) is 38.1 Å². The third-order valence-corrected chi connectivity index (χ3v) is 5.58. The van der Waals surface area contributed by atoms with Crippen molar-refractivity contribution in [3.63, 3.8) is 0 Å². The molecule has 1 aliphatic rings. The van der Waals surface area contributed by atoms with Gasteiger partial charge in [0, 0.05) is 9.99 Å². The van der Waals surface area contributed by atoms with Gasteiger partial charge in [0.1, 0.15) is 17.9 Å². The lowest BCUT2D eigenvalue weighted by Crippen LogP contribution is -2.38. The highest BCUT2D eigenvalue weighted by atomic mass is 127. The maximum atomic E-state index is 12.9. The molecular formula is C20H23IN4O4. The van der Waals surface area contributed by atoms with Crippen LogP contribution < -0.4 is 5.32 Å². The lowest BCUT2D eigenvalue weighted by Gasteiger charge is -2.27. The van der Waals surface area contributed by atoms with Gasteiger partial charge in [0.25, 0.3) is 5.91 Å². The van der Waals surface area contributed by atoms with Crippen LogP contribution in [0.4, 0.5) is 4.79 Å². The Labute approximate surface area is 182 Å². The summed E-state index contributed by atoms with van der Waals surface area (Å²) in [5.41, 5.74) is 1.79. The standard InChI is InChI=1S/C20H23IN4O4/c1-11(2)17(18-22-10-15(23-18)12-4-6-13(21)7-5-12)25-19(27)14(24-20(25)28)8-9-16(26)29-3/h4-7,10-11,14,17H,8-9H2,1-3H3,(H,22,23)(H,24,28)/t14-,17?/m1/s1. The van der Waals surface area contributed by atoms with Crippen molar-refractivity contribution in [2.24, 2.45) is 5.92 Å². The Kier molecular flexibility index (Phi) is 6.56. The van der Waals surface area contributed by atoms with Crippen LogP contribution in [0.25, 0.3) is 11.3 Å². The SMILES string of the molecule is COC(=O)CC[C@H]1NC(=O)N(C(c2ncc(-c3ccc(I)cc3)[nH]2)C(C)C)C1=O. The number of amides is 3. The van der Waals surface area contributed by atoms with Crippen LogP contribution in [0.1, 0.15) is 38.6 Å². The molecule has 1 fully saturated rings. The summed E-state index contributed by atoms with van der Waals surface area (Å²) >= 11 is 2.24. The minimum Gasteiger partial charge on any atom is -0.469 e. The number of benzene rings is 1. The van der Waals surface area contributed by atoms with Gasteiger partial charge in [-0.2, -0.15) is 0 Å². The number of carbonyl (C=O) groups excluding carboxylic acids is 3. The molecular weight excluding hydrogens is 487 g/mol. The topological polar surface area (TPSA) is 104 Å². The van der Waals surface area contributed by atoms with Crippen LogP contribution in [0, 0.1) is 9.49 Å². The second-order valence-corrected chi connectivity index (χ2v) is 8.45. The van der Waals surface area contributed by atoms with Gasteiger partial charge in [-0.1, -0.05) is 26.0 Å². The first-order chi connectivity index (χ1) is 13.8. The van der Waals surface area contributed by atoms with Crippen molar-refractivity contribution in [3.8, 4) is 11.3 Å². The number of aromatic nitrogens is 2. The van der Waals surface area contributed by atoms with E-state index in [2.05, 4.69) is 42.6 Å². The van der Waals surface area contributed by atoms with E-state index in [-0.39, 0.29) is 24.7 Å². The van der Waals surface area contributed by atoms with E-state index in [4.69, 9.17) is 0 Å². The van der Waals surface area contributed by atoms with Crippen molar-refractivity contribution in [2.75, 3.05) is 7.11 Å². The predicted octanol–water partition coefficient (Wildman–Crippen LogP) is 3.25. The average molecular weight is 510 g/mol. The molecule has 0 saturated carbocycles. The largest absolute Gasteiger partial charge is 0.469 e. The molecule has 29 heavy (non-hydrogen) atoms. The summed E-state index contributed by atoms with van der Waals surface area (Å²) in [5.74, 6) is -0.283. The van der Waals surface area contributed by atoms with Crippen molar-refractivity contribution in [1.82, 2.24) is 20.2 Å². The number of halogens is 1. The number of carbonyl (C=O) groups is 3. The molecule has 2 N–H and O–H groups in total. The highest BCUT2D eigenvalue weighted by Gasteiger charge is 2.44. The van der Waals surface area contributed by atoms with E-state index in [0.29, 0.717) is 5.82 Å². The summed E-state index contributed by atoms with van der Waals surface area (Å²) in [5, 5.41) is 2.67. The molecule has 0 bridgehead atoms. The Hall–Kier alpha value is -2.43. The van der Waals surface area contributed by atoms with Gasteiger partial charge in [0.15, 0.2) is 0 Å². The van der Waals surface area contributed by atoms with Gasteiger partial charge in [0.05, 0.1) is 19.0 Å². The summed E-state index contributed by atoms with van der Waals surface area (Å²) in [4.78, 5) is 45.8. The second kappa shape index (κ2) is 8.93. The third-order valence-electron chi connectivity index (χ3n) is 4.86. The fourth-order valence-electron chi connectivity index (χ4n) is 3.37. The highest BCUT2D eigenvalue weighted by molar-refractivity contribution is 14.1. The number of aromatic amines is 1. The molecule has 1 saturated heterocycles. The zero-order chi connectivity index (χ0) is 21.1. The van der Waals surface area contributed by atoms with E-state index < -0.39 is 24.1 Å². The lowest BCUT2D eigenvalue weighted by molar-refractivity contribution is -0.141. The van der Waals surface area contributed by atoms with Gasteiger partial charge >= 0.3 is 12.0 Å². The molecule has 0 aliphatic carbocycles. The van der Waals surface area contributed by atoms with Crippen molar-refractivity contribution in [1.29, 1.82) is 0 Å². The molecule has 2 atom stereocenters. The normalized spacial score (nSPS) is 17.6. The molecule has 0 spiro atoms. The number of ether oxygens (including phenoxy) is 1. The molecule has 1 aliphatic heterocycles. The first-order valence-corrected chi connectivity index (χ1v) is 10.4. The second-order valence-electron chi connectivity index (χ2n) is 7.20. The fourth-order valence-corrected chi connectivity index (χ4v) is 3.73. The van der Waals surface area contributed by atoms with Crippen LogP contribution in [0.2, 0.25) is 0 Å². The molecule has 3 rings (SSSR count). The number of methoxy groups -OCH3 is 1. The van der Waals surface area contributed by atoms with E-state index in [0.717, 1.165) is 14.8 Å². The number of nitrogens with one attached hydrogen (secondary N) is 2. The number of hydrogen-bond acceptors (Lipinski definition) is 5. The van der Waals surface area contributed by atoms with E-state index in [9.17, 15) is 14.4 Å². The number of nitrogens with zero attached hydrogens (tertiary/aromatic N) is 2. The number of imide groups is 1. The summed E-state index contributed by atoms with van der Waals surface area (Å²) in [6, 6.07) is 6.21. The number of esters is 1. The molecule has 0 radical (unpaired) electrons. The number of urea groups is 1. The molecule has 2 heterocycles. The highest BCUT2D eigenvalue weighted by Crippen LogP contribution is 2.32. The van der Waals surface area contributed by atoms with Crippen molar-refractivity contribution in [3.05, 3.63) is 39.9 Å². The van der Waals surface area contributed by atoms with Crippen LogP contribution in [0.5, 0.6) is 0 Å². The molecule has 9 heteroatoms. The van der Waals surface area contributed by atoms with Crippen LogP contribution in [0.15, 0.2) is 30.5 Å². The van der Waals surface area contributed by atoms with Gasteiger partial charge in [-0.15, -0.1) is 0 Å². The zero-order valence-corrected chi connectivity index (χ0v) is 18.6. The Balaban J connectivity index is 1.83. The van der Waals surface area contributed by atoms with Gasteiger partial charge in [0.2, 0.25) is 0 Å². The maximum absolute atomic E-state index is 12.9. The average Bonchev–Trinajstić information content (AvgIpc) is 3.27. The number of H-pyrrole nitrogens is 1. The fraction of sp³-hybridized carbons (Fsp3) is 0.400. The monoisotopic (exact) mass is 510 g/mol. The van der Waals surface area contributed by atoms with E-state index in [1.165, 1.54) is 12.0 Å². The van der Waals surface area contributed by atoms with Crippen LogP contribution >= 0.6 is 22.6 Å². The minimum atomic E-state index is -0.742. The summed E-state index contributed by atoms with van der Waals surface area (Å²) in [6.07, 6.45) is 1.97. The minimum absolute atomic E-state index is 0.0558. The Morgan fingerprint density at radius 2 is 1.97 bits per heavy atom. The number of rotatable bonds is 7. The first-order valence-electron chi connectivity index (χ1n) is 9.33. The van der Waals surface area contributed by atoms with E-state index >= 15 is 0 Å². The van der Waals surface area contributed by atoms with Crippen molar-refractivity contribution < 1.29 is 19.1 Å². The summed E-state index contributed by atoms with van der Waals surface area (Å²) in [6.45, 7) is 3.86. The molecule has 154 valence electrons. The predicted molar refractivity (Wildman–Crippen MR) is 115 cm³/mol. The zero-order valence-electron chi connectivity index (χ0n) is 16.4. The van der Waals surface area contributed by atoms with Crippen LogP contribution in [0.3, 0.4) is 0 Å². The van der Waals surface area contributed by atoms with Crippen molar-refractivity contribution >= 4 is 40.5 Å². The summed E-state index contributed by atoms with van der Waals surface area (Å²) in [7, 11) is 1.29. The van der Waals surface area contributed by atoms with Gasteiger partial charge < -0.3 is 15.0 Å². The first kappa shape index (κ1) is 21.3. The van der Waals surface area contributed by atoms with Crippen molar-refractivity contribution in [2.45, 2.75) is 38.8 Å². The number of imidazole rings is 1. The molecule has 1 aromatic carbocycles. The Morgan fingerprint density at radius 3 is 2.59 bits per heavy atom.